The van der Waals surface area contributed by atoms with Gasteiger partial charge in [-0.25, -0.2) is 0 Å². The minimum absolute atomic E-state index is 0.228. The predicted molar refractivity (Wildman–Crippen MR) is 57.1 cm³/mol. The van der Waals surface area contributed by atoms with E-state index in [1.54, 1.807) is 11.3 Å². The summed E-state index contributed by atoms with van der Waals surface area (Å²) in [5.74, 6) is -0.887. The second-order valence-corrected chi connectivity index (χ2v) is 5.02. The van der Waals surface area contributed by atoms with E-state index in [1.807, 2.05) is 0 Å². The Morgan fingerprint density at radius 3 is 2.93 bits per heavy atom. The lowest BCUT2D eigenvalue weighted by Gasteiger charge is -2.00. The molecular weight excluding hydrogens is 196 g/mol. The topological polar surface area (TPSA) is 37.3 Å². The molecule has 3 heteroatoms. The molecule has 0 spiro atoms. The minimum Gasteiger partial charge on any atom is -0.481 e. The Morgan fingerprint density at radius 2 is 2.36 bits per heavy atom. The molecule has 1 aromatic rings. The summed E-state index contributed by atoms with van der Waals surface area (Å²) in [7, 11) is 0. The molecule has 1 aromatic heterocycles. The van der Waals surface area contributed by atoms with Crippen molar-refractivity contribution in [2.45, 2.75) is 39.0 Å². The van der Waals surface area contributed by atoms with Crippen molar-refractivity contribution in [3.8, 4) is 0 Å². The summed E-state index contributed by atoms with van der Waals surface area (Å²) in [6, 6.07) is 0. The third-order valence-corrected chi connectivity index (χ3v) is 4.30. The van der Waals surface area contributed by atoms with E-state index in [2.05, 4.69) is 13.8 Å². The summed E-state index contributed by atoms with van der Waals surface area (Å²) in [6.07, 6.45) is 2.79. The smallest absolute Gasteiger partial charge is 0.311 e. The van der Waals surface area contributed by atoms with Crippen LogP contribution in [0.3, 0.4) is 0 Å². The highest BCUT2D eigenvalue weighted by molar-refractivity contribution is 7.12. The lowest BCUT2D eigenvalue weighted by molar-refractivity contribution is -0.138. The Balaban J connectivity index is 2.47. The molecule has 76 valence electrons. The molecule has 1 heterocycles. The zero-order valence-electron chi connectivity index (χ0n) is 8.46. The fourth-order valence-corrected chi connectivity index (χ4v) is 3.75. The van der Waals surface area contributed by atoms with Gasteiger partial charge in [0.15, 0.2) is 0 Å². The van der Waals surface area contributed by atoms with Gasteiger partial charge in [0, 0.05) is 9.75 Å². The van der Waals surface area contributed by atoms with E-state index in [1.165, 1.54) is 16.0 Å². The van der Waals surface area contributed by atoms with Gasteiger partial charge in [0.05, 0.1) is 5.92 Å². The van der Waals surface area contributed by atoms with Crippen LogP contribution in [0.15, 0.2) is 0 Å². The third-order valence-electron chi connectivity index (χ3n) is 3.00. The highest BCUT2D eigenvalue weighted by Crippen LogP contribution is 2.42. The normalized spacial score (nSPS) is 19.7. The lowest BCUT2D eigenvalue weighted by Crippen LogP contribution is -2.06. The Hall–Kier alpha value is -0.830. The molecule has 2 rings (SSSR count). The fraction of sp³-hybridized carbons (Fsp3) is 0.545. The Labute approximate surface area is 87.6 Å². The van der Waals surface area contributed by atoms with Crippen molar-refractivity contribution >= 4 is 17.3 Å². The Bertz CT molecular complexity index is 379. The first-order chi connectivity index (χ1) is 6.65. The molecular formula is C11H14O2S. The molecule has 2 nitrogen and oxygen atoms in total. The average molecular weight is 210 g/mol. The van der Waals surface area contributed by atoms with Gasteiger partial charge in [0.1, 0.15) is 0 Å². The van der Waals surface area contributed by atoms with Crippen LogP contribution < -0.4 is 0 Å². The molecule has 0 amide bonds. The number of aliphatic carboxylic acids is 1. The van der Waals surface area contributed by atoms with Gasteiger partial charge in [0.2, 0.25) is 0 Å². The second-order valence-electron chi connectivity index (χ2n) is 3.76. The van der Waals surface area contributed by atoms with Crippen molar-refractivity contribution < 1.29 is 9.90 Å². The number of thiophene rings is 1. The van der Waals surface area contributed by atoms with Gasteiger partial charge in [-0.05, 0) is 37.3 Å². The summed E-state index contributed by atoms with van der Waals surface area (Å²) in [6.45, 7) is 4.24. The van der Waals surface area contributed by atoms with Crippen LogP contribution >= 0.6 is 11.3 Å². The molecule has 0 aromatic carbocycles. The van der Waals surface area contributed by atoms with Crippen LogP contribution in [0.1, 0.15) is 40.1 Å². The van der Waals surface area contributed by atoms with Crippen LogP contribution in [0.2, 0.25) is 0 Å². The van der Waals surface area contributed by atoms with E-state index in [9.17, 15) is 4.79 Å². The van der Waals surface area contributed by atoms with Crippen LogP contribution in [0.4, 0.5) is 0 Å². The minimum atomic E-state index is -0.660. The van der Waals surface area contributed by atoms with E-state index in [0.29, 0.717) is 0 Å². The predicted octanol–water partition coefficient (Wildman–Crippen LogP) is 2.73. The number of hydrogen-bond donors (Lipinski definition) is 1. The second kappa shape index (κ2) is 3.39. The number of carboxylic acid groups (broad SMARTS) is 1. The van der Waals surface area contributed by atoms with Gasteiger partial charge >= 0.3 is 5.97 Å². The lowest BCUT2D eigenvalue weighted by atomic mass is 10.1. The van der Waals surface area contributed by atoms with Gasteiger partial charge in [0.25, 0.3) is 0 Å². The first kappa shape index (κ1) is 9.71. The summed E-state index contributed by atoms with van der Waals surface area (Å²) in [5.41, 5.74) is 2.73. The zero-order valence-corrected chi connectivity index (χ0v) is 9.28. The first-order valence-corrected chi connectivity index (χ1v) is 5.80. The van der Waals surface area contributed by atoms with E-state index in [4.69, 9.17) is 5.11 Å². The Kier molecular flexibility index (Phi) is 2.35. The standard InChI is InChI=1S/C11H14O2S/c1-3-7-6(2)14-10-8(7)4-5-9(10)11(12)13/h9H,3-5H2,1-2H3,(H,12,13). The summed E-state index contributed by atoms with van der Waals surface area (Å²) in [5, 5.41) is 9.04. The van der Waals surface area contributed by atoms with Crippen molar-refractivity contribution in [2.24, 2.45) is 0 Å². The van der Waals surface area contributed by atoms with Crippen molar-refractivity contribution in [3.05, 3.63) is 20.9 Å². The van der Waals surface area contributed by atoms with Crippen LogP contribution in [0, 0.1) is 6.92 Å². The van der Waals surface area contributed by atoms with Crippen molar-refractivity contribution in [3.63, 3.8) is 0 Å². The molecule has 0 fully saturated rings. The molecule has 0 aliphatic heterocycles. The van der Waals surface area contributed by atoms with Crippen LogP contribution in [0.5, 0.6) is 0 Å². The number of rotatable bonds is 2. The van der Waals surface area contributed by atoms with Crippen LogP contribution in [-0.4, -0.2) is 11.1 Å². The van der Waals surface area contributed by atoms with E-state index >= 15 is 0 Å². The van der Waals surface area contributed by atoms with Crippen molar-refractivity contribution in [1.82, 2.24) is 0 Å². The quantitative estimate of drug-likeness (QED) is 0.815. The van der Waals surface area contributed by atoms with Gasteiger partial charge < -0.3 is 5.11 Å². The summed E-state index contributed by atoms with van der Waals surface area (Å²) in [4.78, 5) is 13.4. The zero-order chi connectivity index (χ0) is 10.3. The monoisotopic (exact) mass is 210 g/mol. The first-order valence-electron chi connectivity index (χ1n) is 4.99. The van der Waals surface area contributed by atoms with Gasteiger partial charge in [-0.2, -0.15) is 0 Å². The molecule has 0 radical (unpaired) electrons. The van der Waals surface area contributed by atoms with Gasteiger partial charge in [-0.1, -0.05) is 6.92 Å². The number of carbonyl (C=O) groups is 1. The maximum atomic E-state index is 11.0. The molecule has 0 bridgehead atoms. The molecule has 0 saturated carbocycles. The number of hydrogen-bond acceptors (Lipinski definition) is 2. The largest absolute Gasteiger partial charge is 0.481 e. The number of aryl methyl sites for hydroxylation is 1. The molecule has 1 aliphatic carbocycles. The SMILES string of the molecule is CCc1c(C)sc2c1CCC2C(=O)O. The molecule has 1 atom stereocenters. The van der Waals surface area contributed by atoms with Crippen LogP contribution in [-0.2, 0) is 17.6 Å². The third kappa shape index (κ3) is 1.27. The van der Waals surface area contributed by atoms with Gasteiger partial charge in [-0.3, -0.25) is 4.79 Å². The number of carboxylic acids is 1. The number of fused-ring (bicyclic) bond motifs is 1. The van der Waals surface area contributed by atoms with E-state index < -0.39 is 5.97 Å². The average Bonchev–Trinajstić information content (AvgIpc) is 2.61. The maximum Gasteiger partial charge on any atom is 0.311 e. The van der Waals surface area contributed by atoms with Crippen molar-refractivity contribution in [1.29, 1.82) is 0 Å². The van der Waals surface area contributed by atoms with E-state index in [0.717, 1.165) is 24.1 Å². The van der Waals surface area contributed by atoms with Crippen molar-refractivity contribution in [2.75, 3.05) is 0 Å². The maximum absolute atomic E-state index is 11.0. The molecule has 14 heavy (non-hydrogen) atoms. The van der Waals surface area contributed by atoms with Crippen LogP contribution in [0.25, 0.3) is 0 Å². The highest BCUT2D eigenvalue weighted by Gasteiger charge is 2.32. The Morgan fingerprint density at radius 1 is 1.64 bits per heavy atom. The fourth-order valence-electron chi connectivity index (χ4n) is 2.32. The molecule has 1 N–H and O–H groups in total. The van der Waals surface area contributed by atoms with E-state index in [-0.39, 0.29) is 5.92 Å². The summed E-state index contributed by atoms with van der Waals surface area (Å²) < 4.78 is 0. The summed E-state index contributed by atoms with van der Waals surface area (Å²) >= 11 is 1.68. The highest BCUT2D eigenvalue weighted by atomic mass is 32.1. The molecule has 0 saturated heterocycles. The van der Waals surface area contributed by atoms with Gasteiger partial charge in [-0.15, -0.1) is 11.3 Å². The molecule has 1 unspecified atom stereocenters. The molecule has 1 aliphatic rings.